The highest BCUT2D eigenvalue weighted by Crippen LogP contribution is 1.96. The molecule has 0 aliphatic rings. The van der Waals surface area contributed by atoms with E-state index in [1.165, 1.54) is 0 Å². The molecule has 0 heterocycles. The third-order valence-electron chi connectivity index (χ3n) is 0.926. The first-order valence-electron chi connectivity index (χ1n) is 2.44. The first-order valence-corrected chi connectivity index (χ1v) is 3.69. The second-order valence-electron chi connectivity index (χ2n) is 2.02. The molecule has 0 spiro atoms. The Labute approximate surface area is 50.8 Å². The summed E-state index contributed by atoms with van der Waals surface area (Å²) in [6.45, 7) is 3.55. The third kappa shape index (κ3) is 2.28. The fourth-order valence-electron chi connectivity index (χ4n) is 0.243. The largest absolute Gasteiger partial charge is 0.315 e. The zero-order valence-corrected chi connectivity index (χ0v) is 5.89. The lowest BCUT2D eigenvalue weighted by atomic mass is 10.2. The predicted octanol–water partition coefficient (Wildman–Crippen LogP) is -0.461. The molecule has 0 aliphatic carbocycles. The Balaban J connectivity index is 3.83. The zero-order chi connectivity index (χ0) is 6.73. The van der Waals surface area contributed by atoms with Crippen molar-refractivity contribution in [3.8, 4) is 0 Å². The van der Waals surface area contributed by atoms with Gasteiger partial charge in [-0.25, -0.2) is 8.42 Å². The van der Waals surface area contributed by atoms with Crippen molar-refractivity contribution in [2.75, 3.05) is 0 Å². The summed E-state index contributed by atoms with van der Waals surface area (Å²) in [5.74, 6) is 0.0242. The number of hydrogen-bond donors (Lipinski definition) is 2. The summed E-state index contributed by atoms with van der Waals surface area (Å²) in [5, 5.41) is -0.676. The molecule has 0 rings (SSSR count). The van der Waals surface area contributed by atoms with Crippen molar-refractivity contribution in [2.24, 2.45) is 11.7 Å². The van der Waals surface area contributed by atoms with Gasteiger partial charge in [0.15, 0.2) is 10.7 Å². The van der Waals surface area contributed by atoms with Gasteiger partial charge in [0, 0.05) is 0 Å². The molecule has 2 N–H and O–H groups in total. The zero-order valence-electron chi connectivity index (χ0n) is 5.00. The summed E-state index contributed by atoms with van der Waals surface area (Å²) < 4.78 is 20.1. The van der Waals surface area contributed by atoms with E-state index in [2.05, 4.69) is 0 Å². The average Bonchev–Trinajstić information content (AvgIpc) is 1.64. The highest BCUT2D eigenvalue weighted by atomic mass is 32.2. The predicted molar refractivity (Wildman–Crippen MR) is 33.1 cm³/mol. The van der Waals surface area contributed by atoms with Crippen LogP contribution in [0.25, 0.3) is 0 Å². The molecule has 1 unspecified atom stereocenters. The maximum absolute atomic E-state index is 10.1. The maximum atomic E-state index is 10.1. The number of thiol groups is 1. The Morgan fingerprint density at radius 2 is 1.75 bits per heavy atom. The Morgan fingerprint density at radius 1 is 1.38 bits per heavy atom. The van der Waals surface area contributed by atoms with Crippen molar-refractivity contribution < 1.29 is 8.42 Å². The second kappa shape index (κ2) is 3.04. The van der Waals surface area contributed by atoms with E-state index >= 15 is 0 Å². The fraction of sp³-hybridized carbons (Fsp3) is 1.00. The van der Waals surface area contributed by atoms with Gasteiger partial charge >= 0.3 is 0 Å². The molecular weight excluding hydrogens is 126 g/mol. The van der Waals surface area contributed by atoms with Crippen LogP contribution < -0.4 is 5.73 Å². The van der Waals surface area contributed by atoms with Gasteiger partial charge in [-0.05, 0) is 5.92 Å². The third-order valence-corrected chi connectivity index (χ3v) is 2.01. The van der Waals surface area contributed by atoms with Crippen LogP contribution in [0.4, 0.5) is 0 Å². The van der Waals surface area contributed by atoms with Crippen LogP contribution in [-0.2, 0) is 10.7 Å². The van der Waals surface area contributed by atoms with E-state index in [-0.39, 0.29) is 5.92 Å². The van der Waals surface area contributed by atoms with Crippen LogP contribution in [0.5, 0.6) is 0 Å². The van der Waals surface area contributed by atoms with Crippen molar-refractivity contribution in [1.82, 2.24) is 0 Å². The molecular formula is C4H11NO2S. The van der Waals surface area contributed by atoms with Crippen LogP contribution in [0.1, 0.15) is 13.8 Å². The molecule has 0 aromatic carbocycles. The van der Waals surface area contributed by atoms with Gasteiger partial charge in [-0.1, -0.05) is 13.8 Å². The lowest BCUT2D eigenvalue weighted by Crippen LogP contribution is -2.27. The van der Waals surface area contributed by atoms with Crippen molar-refractivity contribution in [1.29, 1.82) is 0 Å². The van der Waals surface area contributed by atoms with E-state index in [9.17, 15) is 8.42 Å². The van der Waals surface area contributed by atoms with E-state index in [0.29, 0.717) is 0 Å². The summed E-state index contributed by atoms with van der Waals surface area (Å²) in [6, 6.07) is 0. The molecule has 0 saturated heterocycles. The Bertz CT molecular complexity index is 122. The molecule has 0 aliphatic heterocycles. The summed E-state index contributed by atoms with van der Waals surface area (Å²) in [5.41, 5.74) is 5.16. The van der Waals surface area contributed by atoms with Crippen LogP contribution >= 0.6 is 0 Å². The molecule has 1 atom stereocenters. The normalized spacial score (nSPS) is 15.1. The van der Waals surface area contributed by atoms with Crippen LogP contribution in [0, 0.1) is 5.92 Å². The van der Waals surface area contributed by atoms with Gasteiger partial charge in [-0.2, -0.15) is 0 Å². The van der Waals surface area contributed by atoms with E-state index in [1.807, 2.05) is 0 Å². The lowest BCUT2D eigenvalue weighted by Gasteiger charge is -2.05. The summed E-state index contributed by atoms with van der Waals surface area (Å²) >= 11 is 0. The number of nitrogens with two attached hydrogens (primary N) is 1. The van der Waals surface area contributed by atoms with Crippen molar-refractivity contribution in [3.63, 3.8) is 0 Å². The number of hydrogen-bond acceptors (Lipinski definition) is 3. The van der Waals surface area contributed by atoms with Crippen LogP contribution in [0.2, 0.25) is 0 Å². The molecule has 3 nitrogen and oxygen atoms in total. The van der Waals surface area contributed by atoms with Crippen molar-refractivity contribution in [3.05, 3.63) is 0 Å². The molecule has 4 heteroatoms. The molecule has 0 aromatic heterocycles. The lowest BCUT2D eigenvalue weighted by molar-refractivity contribution is 0.554. The maximum Gasteiger partial charge on any atom is 0.156 e. The van der Waals surface area contributed by atoms with Gasteiger partial charge in [0.25, 0.3) is 0 Å². The van der Waals surface area contributed by atoms with Crippen molar-refractivity contribution >= 4 is 10.7 Å². The highest BCUT2D eigenvalue weighted by molar-refractivity contribution is 7.73. The molecule has 8 heavy (non-hydrogen) atoms. The van der Waals surface area contributed by atoms with Gasteiger partial charge in [-0.15, -0.1) is 0 Å². The van der Waals surface area contributed by atoms with Crippen LogP contribution in [-0.4, -0.2) is 13.8 Å². The molecule has 0 radical (unpaired) electrons. The minimum Gasteiger partial charge on any atom is -0.315 e. The SMILES string of the molecule is CC(C)C(N)[SH](=O)=O. The van der Waals surface area contributed by atoms with Crippen LogP contribution in [0.3, 0.4) is 0 Å². The summed E-state index contributed by atoms with van der Waals surface area (Å²) in [6.07, 6.45) is 0. The standard InChI is InChI=1S/C4H11NO2S/c1-3(2)4(5)8(6)7/h3-4,8H,5H2,1-2H3. The summed E-state index contributed by atoms with van der Waals surface area (Å²) in [7, 11) is -2.42. The van der Waals surface area contributed by atoms with Gasteiger partial charge in [0.2, 0.25) is 0 Å². The quantitative estimate of drug-likeness (QED) is 0.506. The Kier molecular flexibility index (Phi) is 3.01. The van der Waals surface area contributed by atoms with Gasteiger partial charge in [0.05, 0.1) is 0 Å². The molecule has 0 fully saturated rings. The van der Waals surface area contributed by atoms with Crippen LogP contribution in [0.15, 0.2) is 0 Å². The molecule has 0 bridgehead atoms. The highest BCUT2D eigenvalue weighted by Gasteiger charge is 2.07. The topological polar surface area (TPSA) is 60.2 Å². The van der Waals surface area contributed by atoms with Crippen molar-refractivity contribution in [2.45, 2.75) is 19.2 Å². The number of rotatable bonds is 2. The Hall–Kier alpha value is -0.0900. The molecule has 50 valence electrons. The smallest absolute Gasteiger partial charge is 0.156 e. The van der Waals surface area contributed by atoms with E-state index in [0.717, 1.165) is 0 Å². The summed E-state index contributed by atoms with van der Waals surface area (Å²) in [4.78, 5) is 0. The van der Waals surface area contributed by atoms with Gasteiger partial charge in [0.1, 0.15) is 5.37 Å². The minimum atomic E-state index is -2.42. The second-order valence-corrected chi connectivity index (χ2v) is 3.19. The fourth-order valence-corrected chi connectivity index (χ4v) is 0.730. The molecule has 0 aromatic rings. The van der Waals surface area contributed by atoms with E-state index < -0.39 is 16.1 Å². The minimum absolute atomic E-state index is 0.0242. The van der Waals surface area contributed by atoms with Gasteiger partial charge in [-0.3, -0.25) is 0 Å². The van der Waals surface area contributed by atoms with E-state index in [4.69, 9.17) is 5.73 Å². The average molecular weight is 137 g/mol. The first kappa shape index (κ1) is 7.91. The Morgan fingerprint density at radius 3 is 1.75 bits per heavy atom. The monoisotopic (exact) mass is 137 g/mol. The first-order chi connectivity index (χ1) is 3.55. The van der Waals surface area contributed by atoms with E-state index in [1.54, 1.807) is 13.8 Å². The van der Waals surface area contributed by atoms with Gasteiger partial charge < -0.3 is 5.73 Å². The molecule has 0 saturated carbocycles. The molecule has 0 amide bonds.